The quantitative estimate of drug-likeness (QED) is 0.0756. The summed E-state index contributed by atoms with van der Waals surface area (Å²) in [6.07, 6.45) is 0.906. The molecule has 2 amide bonds. The van der Waals surface area contributed by atoms with Gasteiger partial charge in [0.25, 0.3) is 0 Å². The number of carbonyl (C=O) groups excluding carboxylic acids is 3. The van der Waals surface area contributed by atoms with Crippen molar-refractivity contribution < 1.29 is 41.7 Å². The van der Waals surface area contributed by atoms with Crippen LogP contribution in [-0.4, -0.2) is 28.0 Å². The molecule has 8 rings (SSSR count). The summed E-state index contributed by atoms with van der Waals surface area (Å²) in [7, 11) is -4.29. The molecule has 0 spiro atoms. The van der Waals surface area contributed by atoms with Crippen LogP contribution < -0.4 is 15.2 Å². The van der Waals surface area contributed by atoms with Crippen LogP contribution in [0.25, 0.3) is 21.9 Å². The van der Waals surface area contributed by atoms with E-state index in [1.165, 1.54) is 0 Å². The summed E-state index contributed by atoms with van der Waals surface area (Å²) >= 11 is 0. The Bertz CT molecular complexity index is 3090. The van der Waals surface area contributed by atoms with E-state index in [0.717, 1.165) is 38.6 Å². The van der Waals surface area contributed by atoms with Crippen LogP contribution in [0.1, 0.15) is 89.7 Å². The van der Waals surface area contributed by atoms with Crippen LogP contribution in [0.5, 0.6) is 5.75 Å². The molecule has 70 heavy (non-hydrogen) atoms. The van der Waals surface area contributed by atoms with E-state index in [1.807, 2.05) is 180 Å². The summed E-state index contributed by atoms with van der Waals surface area (Å²) in [5, 5.41) is 7.56. The second kappa shape index (κ2) is 21.2. The Hall–Kier alpha value is -7.24. The van der Waals surface area contributed by atoms with Gasteiger partial charge in [0.05, 0.1) is 24.8 Å². The normalized spacial score (nSPS) is 13.1. The van der Waals surface area contributed by atoms with E-state index in [9.17, 15) is 18.9 Å². The number of para-hydroxylation sites is 2. The zero-order valence-electron chi connectivity index (χ0n) is 40.3. The molecule has 6 aromatic carbocycles. The third-order valence-electron chi connectivity index (χ3n) is 12.3. The van der Waals surface area contributed by atoms with Gasteiger partial charge < -0.3 is 24.3 Å². The highest BCUT2D eigenvalue weighted by molar-refractivity contribution is 7.48. The Morgan fingerprint density at radius 1 is 0.729 bits per heavy atom. The fraction of sp³-hybridized carbons (Fsp3) is 0.246. The maximum absolute atomic E-state index is 14.9. The molecule has 0 aliphatic heterocycles. The minimum absolute atomic E-state index is 0.000569. The molecule has 13 heteroatoms. The second-order valence-corrected chi connectivity index (χ2v) is 20.2. The molecule has 0 saturated carbocycles. The van der Waals surface area contributed by atoms with Gasteiger partial charge in [-0.25, -0.2) is 9.36 Å². The number of hydrogen-bond acceptors (Lipinski definition) is 9. The first-order valence-electron chi connectivity index (χ1n) is 23.3. The number of alkyl carbamates (subject to hydrolysis) is 1. The molecule has 2 aromatic heterocycles. The standard InChI is InChI=1S/C57H58N3O9P/c1-39-30-40(2)53(51(31-39)69-70(64,66-36-42-20-10-7-11-21-42)67-37-43-22-12-8-13-23-43)56(4,5)34-52(61)60-35-46(48-27-17-18-28-49(48)60)33-57(6,54(62)58-41(3)44-24-14-9-15-25-44)59-55(63)65-38-47-32-45-26-16-19-29-50(45)68-47/h7-32,35,41H,33-34,36-38H2,1-6H3,(H,58,62)(H,59,63)/t41-,57+/m0/s1. The lowest BCUT2D eigenvalue weighted by Gasteiger charge is -2.31. The van der Waals surface area contributed by atoms with Gasteiger partial charge in [-0.3, -0.25) is 23.2 Å². The van der Waals surface area contributed by atoms with Gasteiger partial charge in [0.2, 0.25) is 11.8 Å². The number of benzene rings is 6. The molecule has 0 unspecified atom stereocenters. The van der Waals surface area contributed by atoms with Crippen LogP contribution >= 0.6 is 7.82 Å². The molecular weight excluding hydrogens is 902 g/mol. The largest absolute Gasteiger partial charge is 0.530 e. The van der Waals surface area contributed by atoms with E-state index >= 15 is 0 Å². The van der Waals surface area contributed by atoms with Crippen LogP contribution in [0, 0.1) is 13.8 Å². The maximum atomic E-state index is 14.9. The molecule has 2 atom stereocenters. The van der Waals surface area contributed by atoms with Crippen molar-refractivity contribution >= 4 is 47.6 Å². The minimum atomic E-state index is -4.29. The molecule has 0 saturated heterocycles. The smallest absolute Gasteiger partial charge is 0.457 e. The first-order valence-corrected chi connectivity index (χ1v) is 24.7. The highest BCUT2D eigenvalue weighted by Crippen LogP contribution is 2.53. The number of fused-ring (bicyclic) bond motifs is 2. The number of nitrogens with zero attached hydrogens (tertiary/aromatic N) is 1. The Kier molecular flexibility index (Phi) is 14.9. The highest BCUT2D eigenvalue weighted by Gasteiger charge is 2.39. The first-order chi connectivity index (χ1) is 33.6. The van der Waals surface area contributed by atoms with Gasteiger partial charge in [-0.15, -0.1) is 0 Å². The van der Waals surface area contributed by atoms with Gasteiger partial charge in [0.15, 0.2) is 6.61 Å². The predicted octanol–water partition coefficient (Wildman–Crippen LogP) is 13.0. The monoisotopic (exact) mass is 959 g/mol. The van der Waals surface area contributed by atoms with E-state index in [1.54, 1.807) is 29.8 Å². The maximum Gasteiger partial charge on any atom is 0.530 e. The number of rotatable bonds is 19. The van der Waals surface area contributed by atoms with E-state index < -0.39 is 36.8 Å². The Morgan fingerprint density at radius 2 is 1.33 bits per heavy atom. The average Bonchev–Trinajstić information content (AvgIpc) is 3.94. The zero-order chi connectivity index (χ0) is 49.5. The Labute approximate surface area is 408 Å². The number of ether oxygens (including phenoxy) is 1. The Balaban J connectivity index is 1.07. The van der Waals surface area contributed by atoms with Crippen molar-refractivity contribution in [1.82, 2.24) is 15.2 Å². The number of carbonyl (C=O) groups is 3. The molecule has 12 nitrogen and oxygen atoms in total. The van der Waals surface area contributed by atoms with Gasteiger partial charge in [0, 0.05) is 40.8 Å². The number of aryl methyl sites for hydroxylation is 2. The number of hydrogen-bond donors (Lipinski definition) is 2. The molecule has 2 heterocycles. The van der Waals surface area contributed by atoms with Crippen LogP contribution in [0.2, 0.25) is 0 Å². The van der Waals surface area contributed by atoms with E-state index in [2.05, 4.69) is 10.6 Å². The number of phosphoric ester groups is 1. The van der Waals surface area contributed by atoms with Crippen molar-refractivity contribution in [3.63, 3.8) is 0 Å². The van der Waals surface area contributed by atoms with Gasteiger partial charge in [-0.2, -0.15) is 0 Å². The lowest BCUT2D eigenvalue weighted by Crippen LogP contribution is -2.58. The van der Waals surface area contributed by atoms with Gasteiger partial charge in [0.1, 0.15) is 22.6 Å². The second-order valence-electron chi connectivity index (χ2n) is 18.6. The summed E-state index contributed by atoms with van der Waals surface area (Å²) < 4.78 is 46.3. The van der Waals surface area contributed by atoms with Gasteiger partial charge in [-0.05, 0) is 85.3 Å². The zero-order valence-corrected chi connectivity index (χ0v) is 41.2. The van der Waals surface area contributed by atoms with Crippen molar-refractivity contribution in [3.8, 4) is 5.75 Å². The predicted molar refractivity (Wildman–Crippen MR) is 271 cm³/mol. The van der Waals surface area contributed by atoms with Gasteiger partial charge in [-0.1, -0.05) is 147 Å². The molecule has 0 radical (unpaired) electrons. The third kappa shape index (κ3) is 11.8. The lowest BCUT2D eigenvalue weighted by atomic mass is 9.78. The van der Waals surface area contributed by atoms with Crippen LogP contribution in [-0.2, 0) is 54.8 Å². The van der Waals surface area contributed by atoms with Crippen molar-refractivity contribution in [2.75, 3.05) is 0 Å². The molecule has 0 aliphatic carbocycles. The van der Waals surface area contributed by atoms with Crippen molar-refractivity contribution in [3.05, 3.63) is 209 Å². The van der Waals surface area contributed by atoms with E-state index in [-0.39, 0.29) is 44.3 Å². The van der Waals surface area contributed by atoms with E-state index in [0.29, 0.717) is 28.0 Å². The van der Waals surface area contributed by atoms with E-state index in [4.69, 9.17) is 22.7 Å². The average molecular weight is 960 g/mol. The summed E-state index contributed by atoms with van der Waals surface area (Å²) in [6.45, 7) is 11.1. The van der Waals surface area contributed by atoms with Crippen LogP contribution in [0.4, 0.5) is 4.79 Å². The summed E-state index contributed by atoms with van der Waals surface area (Å²) in [5.74, 6) is 0.0342. The van der Waals surface area contributed by atoms with Crippen molar-refractivity contribution in [1.29, 1.82) is 0 Å². The summed E-state index contributed by atoms with van der Waals surface area (Å²) in [6, 6.07) is 48.4. The SMILES string of the molecule is Cc1cc(C)c(C(C)(C)CC(=O)n2cc(C[C@@](C)(NC(=O)OCc3cc4ccccc4o3)C(=O)N[C@@H](C)c3ccccc3)c3ccccc32)c(OP(=O)(OCc2ccccc2)OCc2ccccc2)c1. The molecule has 360 valence electrons. The molecule has 0 aliphatic rings. The Morgan fingerprint density at radius 3 is 1.99 bits per heavy atom. The van der Waals surface area contributed by atoms with Crippen molar-refractivity contribution in [2.45, 2.75) is 91.2 Å². The molecular formula is C57H58N3O9P. The summed E-state index contributed by atoms with van der Waals surface area (Å²) in [5.41, 5.74) is 4.28. The topological polar surface area (TPSA) is 147 Å². The van der Waals surface area contributed by atoms with Crippen LogP contribution in [0.3, 0.4) is 0 Å². The first kappa shape index (κ1) is 49.2. The number of phosphoric acid groups is 1. The summed E-state index contributed by atoms with van der Waals surface area (Å²) in [4.78, 5) is 43.0. The molecule has 2 N–H and O–H groups in total. The minimum Gasteiger partial charge on any atom is -0.457 e. The number of furan rings is 1. The number of nitrogens with one attached hydrogen (secondary N) is 2. The van der Waals surface area contributed by atoms with Crippen molar-refractivity contribution in [2.24, 2.45) is 0 Å². The lowest BCUT2D eigenvalue weighted by molar-refractivity contribution is -0.127. The fourth-order valence-corrected chi connectivity index (χ4v) is 10.1. The van der Waals surface area contributed by atoms with Crippen LogP contribution in [0.15, 0.2) is 168 Å². The number of amides is 2. The van der Waals surface area contributed by atoms with Gasteiger partial charge >= 0.3 is 13.9 Å². The highest BCUT2D eigenvalue weighted by atomic mass is 31.2. The number of aromatic nitrogens is 1. The molecule has 0 bridgehead atoms. The molecule has 0 fully saturated rings. The molecule has 8 aromatic rings. The fourth-order valence-electron chi connectivity index (χ4n) is 8.93. The third-order valence-corrected chi connectivity index (χ3v) is 13.7.